The van der Waals surface area contributed by atoms with E-state index in [-0.39, 0.29) is 0 Å². The number of nitrogens with zero attached hydrogens (tertiary/aromatic N) is 2. The molecule has 0 N–H and O–H groups in total. The normalized spacial score (nSPS) is 13.7. The maximum absolute atomic E-state index is 2.52. The van der Waals surface area contributed by atoms with Crippen LogP contribution in [0.3, 0.4) is 0 Å². The first kappa shape index (κ1) is 27.4. The summed E-state index contributed by atoms with van der Waals surface area (Å²) in [4.78, 5) is 5.03. The second-order valence-corrected chi connectivity index (χ2v) is 9.78. The summed E-state index contributed by atoms with van der Waals surface area (Å²) in [6.07, 6.45) is 34.7. The van der Waals surface area contributed by atoms with Crippen LogP contribution in [0.2, 0.25) is 0 Å². The molecule has 178 valence electrons. The van der Waals surface area contributed by atoms with Crippen LogP contribution in [-0.2, 0) is 0 Å². The Hall–Kier alpha value is -0.660. The van der Waals surface area contributed by atoms with Crippen molar-refractivity contribution in [3.63, 3.8) is 0 Å². The van der Waals surface area contributed by atoms with Crippen LogP contribution >= 0.6 is 0 Å². The van der Waals surface area contributed by atoms with Crippen molar-refractivity contribution in [3.05, 3.63) is 12.4 Å². The highest BCUT2D eigenvalue weighted by atomic mass is 15.3. The molecule has 0 radical (unpaired) electrons. The molecular formula is C28H56N2. The Morgan fingerprint density at radius 3 is 0.967 bits per heavy atom. The molecule has 1 rings (SSSR count). The molecule has 0 spiro atoms. The predicted octanol–water partition coefficient (Wildman–Crippen LogP) is 9.26. The maximum Gasteiger partial charge on any atom is 0.0893 e. The van der Waals surface area contributed by atoms with Crippen LogP contribution in [-0.4, -0.2) is 29.6 Å². The zero-order valence-electron chi connectivity index (χ0n) is 21.0. The second kappa shape index (κ2) is 21.6. The minimum Gasteiger partial charge on any atom is -0.359 e. The van der Waals surface area contributed by atoms with Crippen molar-refractivity contribution in [1.29, 1.82) is 0 Å². The lowest BCUT2D eigenvalue weighted by Crippen LogP contribution is -2.26. The van der Waals surface area contributed by atoms with Gasteiger partial charge in [0.2, 0.25) is 0 Å². The van der Waals surface area contributed by atoms with Crippen LogP contribution in [0.4, 0.5) is 0 Å². The number of unbranched alkanes of at least 4 members (excludes halogenated alkanes) is 19. The van der Waals surface area contributed by atoms with Gasteiger partial charge in [-0.1, -0.05) is 136 Å². The highest BCUT2D eigenvalue weighted by Gasteiger charge is 2.10. The van der Waals surface area contributed by atoms with Crippen molar-refractivity contribution in [2.45, 2.75) is 149 Å². The summed E-state index contributed by atoms with van der Waals surface area (Å²) < 4.78 is 0. The zero-order valence-corrected chi connectivity index (χ0v) is 21.0. The van der Waals surface area contributed by atoms with Crippen molar-refractivity contribution in [3.8, 4) is 0 Å². The van der Waals surface area contributed by atoms with Gasteiger partial charge in [0.25, 0.3) is 0 Å². The Morgan fingerprint density at radius 2 is 0.667 bits per heavy atom. The summed E-state index contributed by atoms with van der Waals surface area (Å²) in [6.45, 7) is 8.23. The van der Waals surface area contributed by atoms with E-state index in [1.54, 1.807) is 0 Å². The molecule has 0 bridgehead atoms. The average molecular weight is 421 g/mol. The molecule has 0 aromatic heterocycles. The first-order valence-corrected chi connectivity index (χ1v) is 14.0. The number of rotatable bonds is 23. The maximum atomic E-state index is 2.52. The molecule has 2 heteroatoms. The molecule has 0 amide bonds. The van der Waals surface area contributed by atoms with E-state index in [0.717, 1.165) is 6.67 Å². The molecule has 1 aliphatic rings. The number of hydrogen-bond donors (Lipinski definition) is 0. The third-order valence-electron chi connectivity index (χ3n) is 6.70. The van der Waals surface area contributed by atoms with Gasteiger partial charge in [-0.2, -0.15) is 0 Å². The lowest BCUT2D eigenvalue weighted by atomic mass is 10.0. The van der Waals surface area contributed by atoms with Crippen molar-refractivity contribution in [2.24, 2.45) is 0 Å². The molecule has 0 saturated heterocycles. The van der Waals surface area contributed by atoms with Crippen LogP contribution in [0.15, 0.2) is 12.4 Å². The summed E-state index contributed by atoms with van der Waals surface area (Å²) in [5.41, 5.74) is 0. The third kappa shape index (κ3) is 17.1. The first-order valence-electron chi connectivity index (χ1n) is 14.0. The van der Waals surface area contributed by atoms with Gasteiger partial charge in [-0.3, -0.25) is 0 Å². The summed E-state index contributed by atoms with van der Waals surface area (Å²) in [5, 5.41) is 0. The molecule has 0 atom stereocenters. The fourth-order valence-electron chi connectivity index (χ4n) is 4.59. The molecule has 0 fully saturated rings. The minimum atomic E-state index is 1.13. The predicted molar refractivity (Wildman–Crippen MR) is 136 cm³/mol. The van der Waals surface area contributed by atoms with Gasteiger partial charge < -0.3 is 9.80 Å². The van der Waals surface area contributed by atoms with Gasteiger partial charge in [-0.15, -0.1) is 0 Å². The molecule has 0 aromatic carbocycles. The topological polar surface area (TPSA) is 6.48 Å². The quantitative estimate of drug-likeness (QED) is 0.152. The molecule has 0 saturated carbocycles. The van der Waals surface area contributed by atoms with E-state index in [0.29, 0.717) is 0 Å². The Morgan fingerprint density at radius 1 is 0.400 bits per heavy atom. The van der Waals surface area contributed by atoms with Crippen LogP contribution in [0.1, 0.15) is 149 Å². The second-order valence-electron chi connectivity index (χ2n) is 9.78. The van der Waals surface area contributed by atoms with Gasteiger partial charge >= 0.3 is 0 Å². The smallest absolute Gasteiger partial charge is 0.0893 e. The lowest BCUT2D eigenvalue weighted by molar-refractivity contribution is 0.257. The summed E-state index contributed by atoms with van der Waals surface area (Å²) in [5.74, 6) is 0. The van der Waals surface area contributed by atoms with E-state index in [9.17, 15) is 0 Å². The number of hydrogen-bond acceptors (Lipinski definition) is 2. The zero-order chi connectivity index (χ0) is 21.5. The van der Waals surface area contributed by atoms with Crippen LogP contribution in [0.5, 0.6) is 0 Å². The molecule has 0 aromatic rings. The van der Waals surface area contributed by atoms with E-state index in [4.69, 9.17) is 0 Å². The van der Waals surface area contributed by atoms with E-state index in [2.05, 4.69) is 36.0 Å². The van der Waals surface area contributed by atoms with Crippen molar-refractivity contribution < 1.29 is 0 Å². The van der Waals surface area contributed by atoms with Crippen molar-refractivity contribution in [1.82, 2.24) is 9.80 Å². The minimum absolute atomic E-state index is 1.13. The lowest BCUT2D eigenvalue weighted by Gasteiger charge is -2.21. The standard InChI is InChI=1S/C28H56N2/c1-3-5-7-9-11-13-14-15-16-17-19-21-23-25-30-27-26-29(28-30)24-22-20-18-12-10-8-6-4-2/h26-27H,3-25,28H2,1-2H3. The van der Waals surface area contributed by atoms with Gasteiger partial charge in [0, 0.05) is 25.5 Å². The van der Waals surface area contributed by atoms with Gasteiger partial charge in [0.1, 0.15) is 0 Å². The van der Waals surface area contributed by atoms with Crippen molar-refractivity contribution in [2.75, 3.05) is 19.8 Å². The Labute approximate surface area is 190 Å². The Kier molecular flexibility index (Phi) is 19.7. The van der Waals surface area contributed by atoms with Gasteiger partial charge in [0.15, 0.2) is 0 Å². The van der Waals surface area contributed by atoms with E-state index >= 15 is 0 Å². The molecule has 0 unspecified atom stereocenters. The molecular weight excluding hydrogens is 364 g/mol. The average Bonchev–Trinajstić information content (AvgIpc) is 3.21. The van der Waals surface area contributed by atoms with Crippen molar-refractivity contribution >= 4 is 0 Å². The third-order valence-corrected chi connectivity index (χ3v) is 6.70. The van der Waals surface area contributed by atoms with E-state index in [1.807, 2.05) is 0 Å². The Balaban J connectivity index is 1.78. The van der Waals surface area contributed by atoms with Gasteiger partial charge in [0.05, 0.1) is 6.67 Å². The van der Waals surface area contributed by atoms with Crippen LogP contribution in [0, 0.1) is 0 Å². The highest BCUT2D eigenvalue weighted by Crippen LogP contribution is 2.14. The van der Waals surface area contributed by atoms with Gasteiger partial charge in [-0.25, -0.2) is 0 Å². The molecule has 30 heavy (non-hydrogen) atoms. The first-order chi connectivity index (χ1) is 14.9. The van der Waals surface area contributed by atoms with Crippen LogP contribution < -0.4 is 0 Å². The molecule has 0 aliphatic carbocycles. The summed E-state index contributed by atoms with van der Waals surface area (Å²) >= 11 is 0. The molecule has 1 aliphatic heterocycles. The van der Waals surface area contributed by atoms with E-state index < -0.39 is 0 Å². The Bertz CT molecular complexity index is 366. The summed E-state index contributed by atoms with van der Waals surface area (Å²) in [7, 11) is 0. The highest BCUT2D eigenvalue weighted by molar-refractivity contribution is 4.90. The molecule has 1 heterocycles. The fraction of sp³-hybridized carbons (Fsp3) is 0.929. The summed E-state index contributed by atoms with van der Waals surface area (Å²) in [6, 6.07) is 0. The SMILES string of the molecule is CCCCCCCCCCCCCCCN1C=CN(CCCCCCCCCC)C1. The molecule has 2 nitrogen and oxygen atoms in total. The fourth-order valence-corrected chi connectivity index (χ4v) is 4.59. The van der Waals surface area contributed by atoms with Crippen LogP contribution in [0.25, 0.3) is 0 Å². The van der Waals surface area contributed by atoms with Gasteiger partial charge in [-0.05, 0) is 12.8 Å². The van der Waals surface area contributed by atoms with E-state index in [1.165, 1.54) is 148 Å². The largest absolute Gasteiger partial charge is 0.359 e. The monoisotopic (exact) mass is 420 g/mol.